The van der Waals surface area contributed by atoms with Crippen LogP contribution in [0.15, 0.2) is 54.6 Å². The average molecular weight is 380 g/mol. The Bertz CT molecular complexity index is 647. The van der Waals surface area contributed by atoms with E-state index in [0.29, 0.717) is 0 Å². The lowest BCUT2D eigenvalue weighted by Crippen LogP contribution is -2.33. The first-order valence-electron chi connectivity index (χ1n) is 8.76. The summed E-state index contributed by atoms with van der Waals surface area (Å²) in [6.07, 6.45) is 3.65. The van der Waals surface area contributed by atoms with Crippen LogP contribution in [0.3, 0.4) is 0 Å². The van der Waals surface area contributed by atoms with E-state index in [9.17, 15) is 0 Å². The Labute approximate surface area is 162 Å². The first-order valence-corrected chi connectivity index (χ1v) is 9.13. The van der Waals surface area contributed by atoms with E-state index in [4.69, 9.17) is 16.3 Å². The van der Waals surface area contributed by atoms with Crippen LogP contribution in [0.1, 0.15) is 37.3 Å². The lowest BCUT2D eigenvalue weighted by Gasteiger charge is -2.35. The summed E-state index contributed by atoms with van der Waals surface area (Å²) in [7, 11) is 2.19. The minimum atomic E-state index is -0.459. The van der Waals surface area contributed by atoms with Crippen LogP contribution in [0.25, 0.3) is 0 Å². The zero-order valence-electron chi connectivity index (χ0n) is 15.0. The second kappa shape index (κ2) is 9.05. The third-order valence-electron chi connectivity index (χ3n) is 5.02. The van der Waals surface area contributed by atoms with Gasteiger partial charge >= 0.3 is 0 Å². The molecule has 2 atom stereocenters. The van der Waals surface area contributed by atoms with Crippen LogP contribution < -0.4 is 0 Å². The van der Waals surface area contributed by atoms with Crippen molar-refractivity contribution in [1.82, 2.24) is 4.90 Å². The first kappa shape index (κ1) is 20.3. The van der Waals surface area contributed by atoms with E-state index in [1.807, 2.05) is 18.2 Å². The quantitative estimate of drug-likeness (QED) is 0.692. The molecule has 25 heavy (non-hydrogen) atoms. The molecule has 0 bridgehead atoms. The van der Waals surface area contributed by atoms with Crippen LogP contribution in [-0.2, 0) is 10.3 Å². The standard InChI is InChI=1S/C21H26ClNO.ClH/c1-21(17-7-4-3-5-8-17,18-10-12-19(22)13-11-18)24-20-9-6-15-23(2)16-14-20;/h3-5,7-8,10-13,20H,6,9,14-16H2,1-2H3;1H. The molecule has 0 aromatic heterocycles. The van der Waals surface area contributed by atoms with E-state index in [1.165, 1.54) is 12.0 Å². The van der Waals surface area contributed by atoms with E-state index in [0.717, 1.165) is 36.5 Å². The molecular formula is C21H27Cl2NO. The molecule has 2 nitrogen and oxygen atoms in total. The molecule has 4 heteroatoms. The maximum absolute atomic E-state index is 6.75. The van der Waals surface area contributed by atoms with Crippen molar-refractivity contribution in [2.75, 3.05) is 20.1 Å². The Balaban J connectivity index is 0.00000225. The van der Waals surface area contributed by atoms with Gasteiger partial charge < -0.3 is 9.64 Å². The molecule has 1 aliphatic rings. The van der Waals surface area contributed by atoms with E-state index in [-0.39, 0.29) is 18.5 Å². The van der Waals surface area contributed by atoms with Gasteiger partial charge in [0.15, 0.2) is 0 Å². The summed E-state index contributed by atoms with van der Waals surface area (Å²) >= 11 is 6.09. The molecule has 2 aromatic carbocycles. The van der Waals surface area contributed by atoms with Gasteiger partial charge in [0.1, 0.15) is 5.60 Å². The van der Waals surface area contributed by atoms with Gasteiger partial charge in [-0.2, -0.15) is 0 Å². The number of halogens is 2. The minimum Gasteiger partial charge on any atom is -0.363 e. The molecule has 1 saturated heterocycles. The Morgan fingerprint density at radius 1 is 0.960 bits per heavy atom. The van der Waals surface area contributed by atoms with Gasteiger partial charge in [0.2, 0.25) is 0 Å². The van der Waals surface area contributed by atoms with Gasteiger partial charge in [-0.05, 0) is 63.0 Å². The molecule has 0 saturated carbocycles. The molecule has 2 aromatic rings. The number of benzene rings is 2. The number of hydrogen-bond acceptors (Lipinski definition) is 2. The molecule has 0 radical (unpaired) electrons. The molecule has 0 amide bonds. The Kier molecular flexibility index (Phi) is 7.33. The van der Waals surface area contributed by atoms with Gasteiger partial charge in [0.25, 0.3) is 0 Å². The molecule has 2 unspecified atom stereocenters. The average Bonchev–Trinajstić information content (AvgIpc) is 2.80. The predicted octanol–water partition coefficient (Wildman–Crippen LogP) is 5.53. The fourth-order valence-electron chi connectivity index (χ4n) is 3.49. The highest BCUT2D eigenvalue weighted by molar-refractivity contribution is 6.30. The van der Waals surface area contributed by atoms with Crippen molar-refractivity contribution < 1.29 is 4.74 Å². The summed E-state index contributed by atoms with van der Waals surface area (Å²) in [6, 6.07) is 18.6. The summed E-state index contributed by atoms with van der Waals surface area (Å²) in [5.41, 5.74) is 1.88. The van der Waals surface area contributed by atoms with Crippen LogP contribution in [0, 0.1) is 0 Å². The summed E-state index contributed by atoms with van der Waals surface area (Å²) in [5.74, 6) is 0. The summed E-state index contributed by atoms with van der Waals surface area (Å²) < 4.78 is 6.75. The van der Waals surface area contributed by atoms with E-state index < -0.39 is 5.60 Å². The van der Waals surface area contributed by atoms with E-state index in [2.05, 4.69) is 55.3 Å². The number of rotatable bonds is 4. The molecule has 0 spiro atoms. The van der Waals surface area contributed by atoms with Gasteiger partial charge in [-0.1, -0.05) is 54.1 Å². The Hall–Kier alpha value is -1.06. The monoisotopic (exact) mass is 379 g/mol. The number of ether oxygens (including phenoxy) is 1. The molecule has 136 valence electrons. The van der Waals surface area contributed by atoms with Gasteiger partial charge in [0, 0.05) is 11.6 Å². The third-order valence-corrected chi connectivity index (χ3v) is 5.27. The summed E-state index contributed by atoms with van der Waals surface area (Å²) in [4.78, 5) is 2.39. The smallest absolute Gasteiger partial charge is 0.116 e. The minimum absolute atomic E-state index is 0. The zero-order valence-corrected chi connectivity index (χ0v) is 16.5. The molecule has 0 aliphatic carbocycles. The fraction of sp³-hybridized carbons (Fsp3) is 0.429. The number of hydrogen-bond donors (Lipinski definition) is 0. The summed E-state index contributed by atoms with van der Waals surface area (Å²) in [6.45, 7) is 4.43. The van der Waals surface area contributed by atoms with Crippen LogP contribution >= 0.6 is 24.0 Å². The molecular weight excluding hydrogens is 353 g/mol. The van der Waals surface area contributed by atoms with Crippen molar-refractivity contribution in [3.8, 4) is 0 Å². The highest BCUT2D eigenvalue weighted by atomic mass is 35.5. The van der Waals surface area contributed by atoms with Crippen molar-refractivity contribution in [2.24, 2.45) is 0 Å². The van der Waals surface area contributed by atoms with Crippen LogP contribution in [0.4, 0.5) is 0 Å². The number of likely N-dealkylation sites (tertiary alicyclic amines) is 1. The maximum Gasteiger partial charge on any atom is 0.116 e. The van der Waals surface area contributed by atoms with Crippen LogP contribution in [0.5, 0.6) is 0 Å². The van der Waals surface area contributed by atoms with Crippen molar-refractivity contribution in [3.63, 3.8) is 0 Å². The Morgan fingerprint density at radius 3 is 2.28 bits per heavy atom. The highest BCUT2D eigenvalue weighted by Crippen LogP contribution is 2.36. The molecule has 1 fully saturated rings. The molecule has 0 N–H and O–H groups in total. The second-order valence-corrected chi connectivity index (χ2v) is 7.32. The topological polar surface area (TPSA) is 12.5 Å². The van der Waals surface area contributed by atoms with E-state index >= 15 is 0 Å². The Morgan fingerprint density at radius 2 is 1.60 bits per heavy atom. The predicted molar refractivity (Wildman–Crippen MR) is 108 cm³/mol. The highest BCUT2D eigenvalue weighted by Gasteiger charge is 2.33. The van der Waals surface area contributed by atoms with Crippen molar-refractivity contribution >= 4 is 24.0 Å². The van der Waals surface area contributed by atoms with Crippen LogP contribution in [0.2, 0.25) is 5.02 Å². The third kappa shape index (κ3) is 4.98. The van der Waals surface area contributed by atoms with Crippen molar-refractivity contribution in [1.29, 1.82) is 0 Å². The van der Waals surface area contributed by atoms with Crippen LogP contribution in [-0.4, -0.2) is 31.1 Å². The lowest BCUT2D eigenvalue weighted by molar-refractivity contribution is -0.0665. The fourth-order valence-corrected chi connectivity index (χ4v) is 3.61. The largest absolute Gasteiger partial charge is 0.363 e. The van der Waals surface area contributed by atoms with Gasteiger partial charge in [-0.15, -0.1) is 12.4 Å². The molecule has 3 rings (SSSR count). The lowest BCUT2D eigenvalue weighted by atomic mass is 9.87. The normalized spacial score (nSPS) is 21.0. The number of nitrogens with zero attached hydrogens (tertiary/aromatic N) is 1. The first-order chi connectivity index (χ1) is 11.6. The second-order valence-electron chi connectivity index (χ2n) is 6.88. The van der Waals surface area contributed by atoms with Gasteiger partial charge in [-0.3, -0.25) is 0 Å². The summed E-state index contributed by atoms with van der Waals surface area (Å²) in [5, 5.41) is 0.755. The zero-order chi connectivity index (χ0) is 17.0. The molecule has 1 heterocycles. The van der Waals surface area contributed by atoms with Crippen molar-refractivity contribution in [3.05, 3.63) is 70.7 Å². The SMILES string of the molecule is CN1CCCC(OC(C)(c2ccccc2)c2ccc(Cl)cc2)CC1.Cl. The molecule has 1 aliphatic heterocycles. The van der Waals surface area contributed by atoms with Gasteiger partial charge in [0.05, 0.1) is 6.10 Å². The van der Waals surface area contributed by atoms with Gasteiger partial charge in [-0.25, -0.2) is 0 Å². The maximum atomic E-state index is 6.75. The van der Waals surface area contributed by atoms with E-state index in [1.54, 1.807) is 0 Å². The van der Waals surface area contributed by atoms with Crippen molar-refractivity contribution in [2.45, 2.75) is 37.9 Å².